The number of aliphatic hydroxyl groups is 1. The summed E-state index contributed by atoms with van der Waals surface area (Å²) >= 11 is 0. The van der Waals surface area contributed by atoms with Crippen LogP contribution in [0.1, 0.15) is 5.56 Å². The van der Waals surface area contributed by atoms with Gasteiger partial charge in [-0.1, -0.05) is 18.2 Å². The first kappa shape index (κ1) is 14.3. The molecule has 0 aliphatic carbocycles. The number of rotatable bonds is 3. The van der Waals surface area contributed by atoms with Gasteiger partial charge >= 0.3 is 0 Å². The molecule has 0 radical (unpaired) electrons. The second-order valence-corrected chi connectivity index (χ2v) is 3.77. The number of hydrogen-bond donors (Lipinski definition) is 1. The Labute approximate surface area is 110 Å². The number of halogens is 5. The van der Waals surface area contributed by atoms with Crippen LogP contribution in [0.3, 0.4) is 0 Å². The molecule has 0 saturated heterocycles. The Balaban J connectivity index is 2.54. The summed E-state index contributed by atoms with van der Waals surface area (Å²) < 4.78 is 70.4. The lowest BCUT2D eigenvalue weighted by molar-refractivity contribution is 0.273. The molecular weight excluding hydrogens is 283 g/mol. The van der Waals surface area contributed by atoms with E-state index in [0.717, 1.165) is 0 Å². The van der Waals surface area contributed by atoms with E-state index >= 15 is 0 Å². The smallest absolute Gasteiger partial charge is 0.207 e. The fraction of sp³-hybridized carbons (Fsp3) is 0.0769. The Hall–Kier alpha value is -2.15. The zero-order chi connectivity index (χ0) is 14.9. The Morgan fingerprint density at radius 2 is 1.30 bits per heavy atom. The molecule has 1 N–H and O–H groups in total. The molecule has 0 aromatic heterocycles. The maximum atomic E-state index is 13.4. The number of aliphatic hydroxyl groups excluding tert-OH is 1. The van der Waals surface area contributed by atoms with Crippen molar-refractivity contribution in [2.75, 3.05) is 0 Å². The van der Waals surface area contributed by atoms with Gasteiger partial charge in [0, 0.05) is 5.56 Å². The van der Waals surface area contributed by atoms with Crippen LogP contribution in [0.2, 0.25) is 0 Å². The van der Waals surface area contributed by atoms with E-state index in [1.165, 1.54) is 24.3 Å². The molecule has 106 valence electrons. The molecule has 0 fully saturated rings. The number of benzene rings is 2. The van der Waals surface area contributed by atoms with Crippen LogP contribution in [0.15, 0.2) is 24.3 Å². The lowest BCUT2D eigenvalue weighted by Gasteiger charge is -2.12. The molecule has 0 amide bonds. The van der Waals surface area contributed by atoms with E-state index in [9.17, 15) is 22.0 Å². The van der Waals surface area contributed by atoms with Gasteiger partial charge in [0.15, 0.2) is 0 Å². The fourth-order valence-electron chi connectivity index (χ4n) is 1.52. The predicted molar refractivity (Wildman–Crippen MR) is 58.7 cm³/mol. The summed E-state index contributed by atoms with van der Waals surface area (Å²) in [4.78, 5) is 0. The van der Waals surface area contributed by atoms with Gasteiger partial charge in [0.2, 0.25) is 34.8 Å². The molecule has 0 aliphatic heterocycles. The molecule has 0 unspecified atom stereocenters. The van der Waals surface area contributed by atoms with Crippen molar-refractivity contribution in [2.24, 2.45) is 0 Å². The van der Waals surface area contributed by atoms with E-state index in [4.69, 9.17) is 9.84 Å². The first-order valence-electron chi connectivity index (χ1n) is 5.35. The van der Waals surface area contributed by atoms with E-state index in [1.54, 1.807) is 0 Å². The van der Waals surface area contributed by atoms with Crippen LogP contribution in [0.4, 0.5) is 22.0 Å². The van der Waals surface area contributed by atoms with E-state index in [0.29, 0.717) is 0 Å². The SMILES string of the molecule is OCc1ccccc1Oc1c(F)c(F)c(F)c(F)c1F. The summed E-state index contributed by atoms with van der Waals surface area (Å²) in [5, 5.41) is 9.01. The zero-order valence-electron chi connectivity index (χ0n) is 9.76. The quantitative estimate of drug-likeness (QED) is 0.531. The first-order chi connectivity index (χ1) is 9.47. The third kappa shape index (κ3) is 2.32. The van der Waals surface area contributed by atoms with Crippen molar-refractivity contribution in [1.29, 1.82) is 0 Å². The maximum Gasteiger partial charge on any atom is 0.207 e. The van der Waals surface area contributed by atoms with Crippen molar-refractivity contribution in [3.63, 3.8) is 0 Å². The molecule has 2 nitrogen and oxygen atoms in total. The molecule has 0 aliphatic rings. The highest BCUT2D eigenvalue weighted by Gasteiger charge is 2.27. The standard InChI is InChI=1S/C13H7F5O2/c14-8-9(15)11(17)13(12(18)10(8)16)20-7-4-2-1-3-6(7)5-19/h1-4,19H,5H2. The van der Waals surface area contributed by atoms with Crippen molar-refractivity contribution in [3.05, 3.63) is 58.9 Å². The molecule has 0 bridgehead atoms. The molecule has 0 spiro atoms. The lowest BCUT2D eigenvalue weighted by Crippen LogP contribution is -2.05. The van der Waals surface area contributed by atoms with Crippen LogP contribution in [0.5, 0.6) is 11.5 Å². The second-order valence-electron chi connectivity index (χ2n) is 3.77. The Kier molecular flexibility index (Phi) is 3.89. The van der Waals surface area contributed by atoms with Crippen molar-refractivity contribution in [1.82, 2.24) is 0 Å². The van der Waals surface area contributed by atoms with Crippen LogP contribution in [-0.4, -0.2) is 5.11 Å². The highest BCUT2D eigenvalue weighted by molar-refractivity contribution is 5.39. The summed E-state index contributed by atoms with van der Waals surface area (Å²) in [5.74, 6) is -12.2. The minimum absolute atomic E-state index is 0.136. The van der Waals surface area contributed by atoms with E-state index in [2.05, 4.69) is 0 Å². The van der Waals surface area contributed by atoms with E-state index in [1.807, 2.05) is 0 Å². The summed E-state index contributed by atoms with van der Waals surface area (Å²) in [6, 6.07) is 5.53. The molecule has 2 aromatic rings. The molecule has 0 atom stereocenters. The second kappa shape index (κ2) is 5.46. The van der Waals surface area contributed by atoms with Gasteiger partial charge in [-0.3, -0.25) is 0 Å². The maximum absolute atomic E-state index is 13.4. The minimum Gasteiger partial charge on any atom is -0.451 e. The van der Waals surface area contributed by atoms with E-state index < -0.39 is 41.4 Å². The summed E-state index contributed by atoms with van der Waals surface area (Å²) in [6.45, 7) is -0.522. The molecule has 2 aromatic carbocycles. The minimum atomic E-state index is -2.26. The summed E-state index contributed by atoms with van der Waals surface area (Å²) in [7, 11) is 0. The van der Waals surface area contributed by atoms with Gasteiger partial charge in [-0.05, 0) is 6.07 Å². The van der Waals surface area contributed by atoms with Crippen molar-refractivity contribution < 1.29 is 31.8 Å². The van der Waals surface area contributed by atoms with E-state index in [-0.39, 0.29) is 11.3 Å². The molecule has 0 saturated carbocycles. The monoisotopic (exact) mass is 290 g/mol. The Bertz CT molecular complexity index is 628. The van der Waals surface area contributed by atoms with Gasteiger partial charge in [0.05, 0.1) is 6.61 Å². The van der Waals surface area contributed by atoms with Gasteiger partial charge in [0.1, 0.15) is 5.75 Å². The van der Waals surface area contributed by atoms with Crippen LogP contribution in [0.25, 0.3) is 0 Å². The van der Waals surface area contributed by atoms with Crippen LogP contribution < -0.4 is 4.74 Å². The molecule has 2 rings (SSSR count). The largest absolute Gasteiger partial charge is 0.451 e. The summed E-state index contributed by atoms with van der Waals surface area (Å²) in [6.07, 6.45) is 0. The highest BCUT2D eigenvalue weighted by atomic mass is 19.2. The lowest BCUT2D eigenvalue weighted by atomic mass is 10.2. The molecule has 0 heterocycles. The average molecular weight is 290 g/mol. The Morgan fingerprint density at radius 3 is 1.85 bits per heavy atom. The van der Waals surface area contributed by atoms with Crippen molar-refractivity contribution >= 4 is 0 Å². The molecule has 7 heteroatoms. The highest BCUT2D eigenvalue weighted by Crippen LogP contribution is 2.33. The number of hydrogen-bond acceptors (Lipinski definition) is 2. The van der Waals surface area contributed by atoms with Crippen LogP contribution in [-0.2, 0) is 6.61 Å². The van der Waals surface area contributed by atoms with Gasteiger partial charge < -0.3 is 9.84 Å². The fourth-order valence-corrected chi connectivity index (χ4v) is 1.52. The van der Waals surface area contributed by atoms with Crippen LogP contribution >= 0.6 is 0 Å². The Morgan fingerprint density at radius 1 is 0.800 bits per heavy atom. The predicted octanol–water partition coefficient (Wildman–Crippen LogP) is 3.67. The van der Waals surface area contributed by atoms with Gasteiger partial charge in [-0.2, -0.15) is 8.78 Å². The van der Waals surface area contributed by atoms with Crippen molar-refractivity contribution in [2.45, 2.75) is 6.61 Å². The zero-order valence-corrected chi connectivity index (χ0v) is 9.76. The van der Waals surface area contributed by atoms with Crippen molar-refractivity contribution in [3.8, 4) is 11.5 Å². The first-order valence-corrected chi connectivity index (χ1v) is 5.35. The van der Waals surface area contributed by atoms with Gasteiger partial charge in [-0.15, -0.1) is 0 Å². The third-order valence-electron chi connectivity index (χ3n) is 2.52. The summed E-state index contributed by atoms with van der Waals surface area (Å²) in [5.41, 5.74) is 0.136. The number of para-hydroxylation sites is 1. The van der Waals surface area contributed by atoms with Gasteiger partial charge in [-0.25, -0.2) is 13.2 Å². The normalized spacial score (nSPS) is 10.7. The average Bonchev–Trinajstić information content (AvgIpc) is 2.48. The molecule has 20 heavy (non-hydrogen) atoms. The topological polar surface area (TPSA) is 29.5 Å². The van der Waals surface area contributed by atoms with Crippen LogP contribution in [0, 0.1) is 29.1 Å². The van der Waals surface area contributed by atoms with Gasteiger partial charge in [0.25, 0.3) is 0 Å². The number of ether oxygens (including phenoxy) is 1. The third-order valence-corrected chi connectivity index (χ3v) is 2.52. The molecular formula is C13H7F5O2.